The molecule has 220 valence electrons. The second-order valence-electron chi connectivity index (χ2n) is 9.57. The molecule has 1 fully saturated rings. The third-order valence-corrected chi connectivity index (χ3v) is 10.7. The molecule has 0 aliphatic carbocycles. The number of unbranched alkanes of at least 4 members (excludes halogenated alkanes) is 3. The third-order valence-electron chi connectivity index (χ3n) is 6.84. The Morgan fingerprint density at radius 2 is 1.75 bits per heavy atom. The number of hydrogen-bond donors (Lipinski definition) is 2. The number of carbonyl (C=O) groups is 1. The van der Waals surface area contributed by atoms with Crippen LogP contribution in [0.25, 0.3) is 0 Å². The van der Waals surface area contributed by atoms with Crippen molar-refractivity contribution in [3.63, 3.8) is 0 Å². The fraction of sp³-hybridized carbons (Fsp3) is 0.467. The maximum absolute atomic E-state index is 13.3. The molecule has 0 saturated carbocycles. The van der Waals surface area contributed by atoms with E-state index in [4.69, 9.17) is 14.7 Å². The van der Waals surface area contributed by atoms with Crippen molar-refractivity contribution in [1.29, 1.82) is 0 Å². The van der Waals surface area contributed by atoms with Gasteiger partial charge in [0.15, 0.2) is 0 Å². The molecule has 40 heavy (non-hydrogen) atoms. The number of aryl methyl sites for hydroxylation is 1. The second kappa shape index (κ2) is 17.2. The van der Waals surface area contributed by atoms with Crippen LogP contribution in [0.2, 0.25) is 0 Å². The van der Waals surface area contributed by atoms with E-state index in [1.807, 2.05) is 43.3 Å². The summed E-state index contributed by atoms with van der Waals surface area (Å²) in [7, 11) is -1.19. The molecule has 2 N–H and O–H groups in total. The van der Waals surface area contributed by atoms with E-state index in [0.717, 1.165) is 47.1 Å². The standard InChI is InChI=1S/C16H24N2O2.C14H19NO3S2/c1-4-5-6-7-12-20-13-16(18-17-2)14-8-10-15(19-3)11-9-14;1-11-3-5-12(6-4-11)20(2,18)14(13(16)15-17)7-9-19-10-8-14/h8-11H,2,4-7,12-13H2,1,3H3;3-6,17H,2,7-10H2,1H3,(H,15,16)/b18-16+;. The summed E-state index contributed by atoms with van der Waals surface area (Å²) in [6, 6.07) is 14.9. The molecule has 1 saturated heterocycles. The number of benzene rings is 2. The number of rotatable bonds is 13. The highest BCUT2D eigenvalue weighted by atomic mass is 32.2. The number of amides is 1. The molecule has 2 aromatic carbocycles. The quantitative estimate of drug-likeness (QED) is 0.104. The van der Waals surface area contributed by atoms with Crippen LogP contribution in [0.15, 0.2) is 63.6 Å². The van der Waals surface area contributed by atoms with Crippen molar-refractivity contribution in [3.05, 3.63) is 59.7 Å². The van der Waals surface area contributed by atoms with Gasteiger partial charge in [0.05, 0.1) is 19.4 Å². The molecule has 1 aliphatic heterocycles. The average Bonchev–Trinajstić information content (AvgIpc) is 2.98. The highest BCUT2D eigenvalue weighted by molar-refractivity contribution is 8.03. The maximum Gasteiger partial charge on any atom is 0.262 e. The number of carbonyl (C=O) groups excluding carboxylic acids is 1. The first-order valence-corrected chi connectivity index (χ1v) is 16.3. The lowest BCUT2D eigenvalue weighted by atomic mass is 10.0. The van der Waals surface area contributed by atoms with Gasteiger partial charge < -0.3 is 9.47 Å². The van der Waals surface area contributed by atoms with Crippen molar-refractivity contribution in [1.82, 2.24) is 5.48 Å². The Kier molecular flexibility index (Phi) is 14.4. The van der Waals surface area contributed by atoms with Crippen molar-refractivity contribution in [2.24, 2.45) is 10.2 Å². The van der Waals surface area contributed by atoms with Crippen molar-refractivity contribution in [2.45, 2.75) is 62.0 Å². The second-order valence-corrected chi connectivity index (χ2v) is 13.4. The predicted molar refractivity (Wildman–Crippen MR) is 168 cm³/mol. The van der Waals surface area contributed by atoms with Crippen LogP contribution < -0.4 is 10.2 Å². The van der Waals surface area contributed by atoms with E-state index in [0.29, 0.717) is 24.3 Å². The van der Waals surface area contributed by atoms with Crippen LogP contribution in [0.3, 0.4) is 0 Å². The van der Waals surface area contributed by atoms with Crippen molar-refractivity contribution in [3.8, 4) is 5.75 Å². The van der Waals surface area contributed by atoms with Crippen LogP contribution in [0.5, 0.6) is 5.75 Å². The van der Waals surface area contributed by atoms with Gasteiger partial charge in [0.25, 0.3) is 5.91 Å². The fourth-order valence-corrected chi connectivity index (χ4v) is 8.02. The fourth-order valence-electron chi connectivity index (χ4n) is 4.33. The van der Waals surface area contributed by atoms with E-state index in [1.54, 1.807) is 36.5 Å². The molecule has 1 aliphatic rings. The molecule has 0 radical (unpaired) electrons. The Labute approximate surface area is 243 Å². The molecule has 8 nitrogen and oxygen atoms in total. The first-order valence-electron chi connectivity index (χ1n) is 13.5. The van der Waals surface area contributed by atoms with E-state index in [2.05, 4.69) is 29.7 Å². The molecule has 0 spiro atoms. The van der Waals surface area contributed by atoms with Crippen LogP contribution in [0, 0.1) is 6.92 Å². The van der Waals surface area contributed by atoms with Crippen LogP contribution in [-0.2, 0) is 19.1 Å². The van der Waals surface area contributed by atoms with Crippen LogP contribution in [0.1, 0.15) is 56.6 Å². The molecule has 1 amide bonds. The summed E-state index contributed by atoms with van der Waals surface area (Å²) < 4.78 is 23.0. The van der Waals surface area contributed by atoms with Gasteiger partial charge >= 0.3 is 0 Å². The van der Waals surface area contributed by atoms with E-state index in [1.165, 1.54) is 19.3 Å². The van der Waals surface area contributed by atoms with Crippen molar-refractivity contribution >= 4 is 45.5 Å². The zero-order chi connectivity index (χ0) is 29.4. The molecular weight excluding hydrogens is 546 g/mol. The summed E-state index contributed by atoms with van der Waals surface area (Å²) in [5.74, 6) is 5.60. The van der Waals surface area contributed by atoms with E-state index < -0.39 is 20.2 Å². The molecule has 2 aromatic rings. The highest BCUT2D eigenvalue weighted by Gasteiger charge is 2.47. The summed E-state index contributed by atoms with van der Waals surface area (Å²) in [6.07, 6.45) is 5.72. The summed E-state index contributed by atoms with van der Waals surface area (Å²) >= 11 is 1.72. The van der Waals surface area contributed by atoms with E-state index >= 15 is 0 Å². The number of hydrogen-bond acceptors (Lipinski definition) is 8. The lowest BCUT2D eigenvalue weighted by Gasteiger charge is -2.37. The summed E-state index contributed by atoms with van der Waals surface area (Å²) in [5, 5.41) is 16.7. The molecule has 1 unspecified atom stereocenters. The number of methoxy groups -OCH3 is 1. The van der Waals surface area contributed by atoms with Crippen LogP contribution in [0.4, 0.5) is 0 Å². The Morgan fingerprint density at radius 3 is 2.30 bits per heavy atom. The minimum absolute atomic E-state index is 0.456. The molecular formula is C30H43N3O5S2. The zero-order valence-electron chi connectivity index (χ0n) is 23.9. The summed E-state index contributed by atoms with van der Waals surface area (Å²) in [4.78, 5) is 12.8. The van der Waals surface area contributed by atoms with E-state index in [-0.39, 0.29) is 0 Å². The molecule has 1 heterocycles. The van der Waals surface area contributed by atoms with Gasteiger partial charge in [-0.1, -0.05) is 43.9 Å². The molecule has 10 heteroatoms. The normalized spacial score (nSPS) is 16.1. The summed E-state index contributed by atoms with van der Waals surface area (Å²) in [5.41, 5.74) is 4.52. The van der Waals surface area contributed by atoms with Crippen molar-refractivity contribution in [2.75, 3.05) is 31.8 Å². The van der Waals surface area contributed by atoms with Gasteiger partial charge in [-0.25, -0.2) is 5.48 Å². The van der Waals surface area contributed by atoms with Gasteiger partial charge in [0.2, 0.25) is 0 Å². The Hall–Kier alpha value is -2.66. The van der Waals surface area contributed by atoms with Gasteiger partial charge in [-0.15, -0.1) is 0 Å². The molecule has 0 aromatic heterocycles. The number of nitrogens with one attached hydrogen (secondary N) is 1. The van der Waals surface area contributed by atoms with Gasteiger partial charge in [0.1, 0.15) is 10.5 Å². The third kappa shape index (κ3) is 9.19. The van der Waals surface area contributed by atoms with Gasteiger partial charge in [0, 0.05) is 33.3 Å². The summed E-state index contributed by atoms with van der Waals surface area (Å²) in [6.45, 7) is 8.77. The minimum Gasteiger partial charge on any atom is -0.497 e. The van der Waals surface area contributed by atoms with Crippen molar-refractivity contribution < 1.29 is 23.7 Å². The first kappa shape index (κ1) is 33.5. The largest absolute Gasteiger partial charge is 0.497 e. The monoisotopic (exact) mass is 589 g/mol. The number of nitrogens with zero attached hydrogens (tertiary/aromatic N) is 2. The minimum atomic E-state index is -2.84. The molecule has 3 rings (SSSR count). The SMILES string of the molecule is C=N/N=C(\COCCCCCC)c1ccc(OC)cc1.C=S(=O)(c1ccc(C)cc1)C1(C(=O)NO)CCSCC1. The highest BCUT2D eigenvalue weighted by Crippen LogP contribution is 2.38. The van der Waals surface area contributed by atoms with Gasteiger partial charge in [-0.2, -0.15) is 22.0 Å². The topological polar surface area (TPSA) is 110 Å². The lowest BCUT2D eigenvalue weighted by molar-refractivity contribution is -0.132. The Balaban J connectivity index is 0.000000280. The average molecular weight is 590 g/mol. The number of hydroxylamine groups is 1. The molecule has 1 atom stereocenters. The number of thioether (sulfide) groups is 1. The van der Waals surface area contributed by atoms with Gasteiger partial charge in [-0.3, -0.25) is 14.2 Å². The number of ether oxygens (including phenoxy) is 2. The Morgan fingerprint density at radius 1 is 1.10 bits per heavy atom. The Bertz CT molecular complexity index is 1190. The maximum atomic E-state index is 13.3. The smallest absolute Gasteiger partial charge is 0.262 e. The van der Waals surface area contributed by atoms with Crippen LogP contribution in [-0.4, -0.2) is 70.2 Å². The first-order chi connectivity index (χ1) is 19.2. The zero-order valence-corrected chi connectivity index (χ0v) is 25.5. The van der Waals surface area contributed by atoms with Crippen LogP contribution >= 0.6 is 11.8 Å². The lowest BCUT2D eigenvalue weighted by Crippen LogP contribution is -2.53. The molecule has 0 bridgehead atoms. The predicted octanol–water partition coefficient (Wildman–Crippen LogP) is 5.54. The van der Waals surface area contributed by atoms with E-state index in [9.17, 15) is 9.00 Å². The van der Waals surface area contributed by atoms with Gasteiger partial charge in [-0.05, 0) is 80.0 Å².